The van der Waals surface area contributed by atoms with Crippen LogP contribution in [0.5, 0.6) is 5.75 Å². The topological polar surface area (TPSA) is 53.5 Å². The van der Waals surface area contributed by atoms with Crippen LogP contribution in [0.4, 0.5) is 5.69 Å². The van der Waals surface area contributed by atoms with Gasteiger partial charge in [-0.3, -0.25) is 0 Å². The van der Waals surface area contributed by atoms with Gasteiger partial charge < -0.3 is 25.4 Å². The van der Waals surface area contributed by atoms with Gasteiger partial charge >= 0.3 is 0 Å². The van der Waals surface area contributed by atoms with Crippen molar-refractivity contribution in [2.45, 2.75) is 95.2 Å². The van der Waals surface area contributed by atoms with E-state index in [1.165, 1.54) is 86.5 Å². The lowest BCUT2D eigenvalue weighted by Gasteiger charge is -2.36. The van der Waals surface area contributed by atoms with Crippen LogP contribution in [0.2, 0.25) is 0 Å². The first-order valence-electron chi connectivity index (χ1n) is 13.4. The highest BCUT2D eigenvalue weighted by atomic mass is 16.5. The van der Waals surface area contributed by atoms with E-state index in [9.17, 15) is 0 Å². The zero-order valence-electron chi connectivity index (χ0n) is 20.8. The van der Waals surface area contributed by atoms with Gasteiger partial charge in [0.05, 0.1) is 17.8 Å². The van der Waals surface area contributed by atoms with Crippen LogP contribution in [-0.2, 0) is 0 Å². The van der Waals surface area contributed by atoms with Gasteiger partial charge in [-0.2, -0.15) is 0 Å². The van der Waals surface area contributed by atoms with Crippen LogP contribution in [-0.4, -0.2) is 49.0 Å². The molecule has 0 unspecified atom stereocenters. The van der Waals surface area contributed by atoms with Gasteiger partial charge in [0.1, 0.15) is 5.75 Å². The smallest absolute Gasteiger partial charge is 0.121 e. The van der Waals surface area contributed by atoms with E-state index in [1.807, 2.05) is 0 Å². The Morgan fingerprint density at radius 2 is 1.64 bits per heavy atom. The molecular formula is C27H43N5O. The molecule has 6 nitrogen and oxygen atoms in total. The molecule has 0 saturated heterocycles. The molecule has 2 aromatic rings. The Labute approximate surface area is 199 Å². The van der Waals surface area contributed by atoms with Crippen LogP contribution < -0.4 is 20.8 Å². The van der Waals surface area contributed by atoms with Crippen LogP contribution in [0.3, 0.4) is 0 Å². The van der Waals surface area contributed by atoms with Crippen molar-refractivity contribution in [3.8, 4) is 5.75 Å². The van der Waals surface area contributed by atoms with Gasteiger partial charge in [0.15, 0.2) is 0 Å². The van der Waals surface area contributed by atoms with Crippen LogP contribution in [0.25, 0.3) is 10.9 Å². The number of aromatic nitrogens is 1. The summed E-state index contributed by atoms with van der Waals surface area (Å²) in [6.45, 7) is 3.74. The second-order valence-corrected chi connectivity index (χ2v) is 10.6. The third-order valence-corrected chi connectivity index (χ3v) is 8.10. The molecule has 1 aromatic heterocycles. The van der Waals surface area contributed by atoms with E-state index in [0.717, 1.165) is 18.5 Å². The van der Waals surface area contributed by atoms with E-state index in [0.29, 0.717) is 24.6 Å². The molecule has 182 valence electrons. The summed E-state index contributed by atoms with van der Waals surface area (Å²) < 4.78 is 8.60. The van der Waals surface area contributed by atoms with E-state index >= 15 is 0 Å². The van der Waals surface area contributed by atoms with E-state index in [1.54, 1.807) is 0 Å². The van der Waals surface area contributed by atoms with Gasteiger partial charge in [-0.15, -0.1) is 0 Å². The number of anilines is 1. The molecule has 0 bridgehead atoms. The molecule has 5 rings (SSSR count). The zero-order chi connectivity index (χ0) is 22.8. The molecule has 3 aliphatic carbocycles. The predicted octanol–water partition coefficient (Wildman–Crippen LogP) is 5.37. The molecule has 0 amide bonds. The molecular weight excluding hydrogens is 410 g/mol. The maximum atomic E-state index is 5.90. The van der Waals surface area contributed by atoms with Crippen LogP contribution in [0, 0.1) is 0 Å². The fourth-order valence-corrected chi connectivity index (χ4v) is 5.88. The van der Waals surface area contributed by atoms with Gasteiger partial charge in [0.25, 0.3) is 0 Å². The second kappa shape index (κ2) is 10.2. The molecule has 3 fully saturated rings. The number of hydrogen-bond acceptors (Lipinski definition) is 5. The monoisotopic (exact) mass is 453 g/mol. The largest absolute Gasteiger partial charge is 0.494 e. The molecule has 0 atom stereocenters. The van der Waals surface area contributed by atoms with Gasteiger partial charge in [0.2, 0.25) is 0 Å². The number of ether oxygens (including phenoxy) is 1. The van der Waals surface area contributed by atoms with Gasteiger partial charge in [-0.25, -0.2) is 5.01 Å². The lowest BCUT2D eigenvalue weighted by Crippen LogP contribution is -2.45. The van der Waals surface area contributed by atoms with Crippen molar-refractivity contribution in [2.24, 2.45) is 0 Å². The van der Waals surface area contributed by atoms with Gasteiger partial charge in [0, 0.05) is 62.0 Å². The Hall–Kier alpha value is -1.76. The summed E-state index contributed by atoms with van der Waals surface area (Å²) in [5, 5.41) is 10.9. The Kier molecular flexibility index (Phi) is 7.14. The average molecular weight is 454 g/mol. The molecule has 0 aliphatic heterocycles. The summed E-state index contributed by atoms with van der Waals surface area (Å²) >= 11 is 0. The minimum absolute atomic E-state index is 0.605. The highest BCUT2D eigenvalue weighted by molar-refractivity contribution is 5.96. The minimum atomic E-state index is 0.605. The summed E-state index contributed by atoms with van der Waals surface area (Å²) in [7, 11) is 4.20. The number of hydrazine groups is 1. The molecule has 3 aliphatic rings. The SMILES string of the molecule is CCOc1ccc2c(NN(C)C)c(C3CCC(NCNC4CCC4)CC3)n(C3CCC3)c2c1. The predicted molar refractivity (Wildman–Crippen MR) is 137 cm³/mol. The number of benzene rings is 1. The van der Waals surface area contributed by atoms with Crippen molar-refractivity contribution in [2.75, 3.05) is 32.8 Å². The maximum Gasteiger partial charge on any atom is 0.121 e. The number of hydrogen-bond donors (Lipinski definition) is 3. The summed E-state index contributed by atoms with van der Waals surface area (Å²) in [5.41, 5.74) is 7.89. The standard InChI is InChI=1S/C27H43N5O/c1-4-33-23-15-16-24-25(17-23)32(22-9-6-10-22)27(26(24)30-31(2)3)19-11-13-21(14-12-19)29-18-28-20-7-5-8-20/h15-17,19-22,28-30H,4-14,18H2,1-3H3. The van der Waals surface area contributed by atoms with E-state index in [4.69, 9.17) is 4.74 Å². The lowest BCUT2D eigenvalue weighted by atomic mass is 9.82. The van der Waals surface area contributed by atoms with Crippen molar-refractivity contribution < 1.29 is 4.74 Å². The Balaban J connectivity index is 1.39. The van der Waals surface area contributed by atoms with E-state index in [-0.39, 0.29) is 0 Å². The van der Waals surface area contributed by atoms with Crippen LogP contribution >= 0.6 is 0 Å². The third kappa shape index (κ3) is 4.89. The number of nitrogens with one attached hydrogen (secondary N) is 3. The van der Waals surface area contributed by atoms with Gasteiger partial charge in [-0.1, -0.05) is 6.42 Å². The maximum absolute atomic E-state index is 5.90. The molecule has 3 saturated carbocycles. The molecule has 6 heteroatoms. The summed E-state index contributed by atoms with van der Waals surface area (Å²) in [6.07, 6.45) is 13.1. The molecule has 1 heterocycles. The van der Waals surface area contributed by atoms with Crippen molar-refractivity contribution >= 4 is 16.6 Å². The summed E-state index contributed by atoms with van der Waals surface area (Å²) in [6, 6.07) is 8.71. The van der Waals surface area contributed by atoms with Crippen molar-refractivity contribution in [1.82, 2.24) is 20.2 Å². The number of fused-ring (bicyclic) bond motifs is 1. The van der Waals surface area contributed by atoms with Crippen molar-refractivity contribution in [3.05, 3.63) is 23.9 Å². The summed E-state index contributed by atoms with van der Waals surface area (Å²) in [5.74, 6) is 1.59. The van der Waals surface area contributed by atoms with Crippen LogP contribution in [0.1, 0.15) is 88.8 Å². The van der Waals surface area contributed by atoms with Crippen molar-refractivity contribution in [3.63, 3.8) is 0 Å². The number of rotatable bonds is 10. The fraction of sp³-hybridized carbons (Fsp3) is 0.704. The van der Waals surface area contributed by atoms with E-state index in [2.05, 4.69) is 64.9 Å². The molecule has 1 aromatic carbocycles. The molecule has 0 radical (unpaired) electrons. The quantitative estimate of drug-likeness (QED) is 0.334. The fourth-order valence-electron chi connectivity index (χ4n) is 5.88. The Morgan fingerprint density at radius 1 is 0.939 bits per heavy atom. The second-order valence-electron chi connectivity index (χ2n) is 10.6. The normalized spacial score (nSPS) is 24.1. The summed E-state index contributed by atoms with van der Waals surface area (Å²) in [4.78, 5) is 0. The lowest BCUT2D eigenvalue weighted by molar-refractivity contribution is 0.278. The highest BCUT2D eigenvalue weighted by Gasteiger charge is 2.33. The molecule has 3 N–H and O–H groups in total. The third-order valence-electron chi connectivity index (χ3n) is 8.10. The van der Waals surface area contributed by atoms with Crippen molar-refractivity contribution in [1.29, 1.82) is 0 Å². The highest BCUT2D eigenvalue weighted by Crippen LogP contribution is 2.47. The first-order chi connectivity index (χ1) is 16.1. The first-order valence-corrected chi connectivity index (χ1v) is 13.4. The Morgan fingerprint density at radius 3 is 2.21 bits per heavy atom. The Bertz CT molecular complexity index is 922. The average Bonchev–Trinajstić information content (AvgIpc) is 3.02. The minimum Gasteiger partial charge on any atom is -0.494 e. The van der Waals surface area contributed by atoms with E-state index < -0.39 is 0 Å². The first kappa shape index (κ1) is 23.0. The van der Waals surface area contributed by atoms with Gasteiger partial charge in [-0.05, 0) is 76.8 Å². The number of nitrogens with zero attached hydrogens (tertiary/aromatic N) is 2. The molecule has 0 spiro atoms. The van der Waals surface area contributed by atoms with Crippen LogP contribution in [0.15, 0.2) is 18.2 Å². The molecule has 33 heavy (non-hydrogen) atoms. The zero-order valence-corrected chi connectivity index (χ0v) is 20.8.